The van der Waals surface area contributed by atoms with Crippen molar-refractivity contribution in [1.29, 1.82) is 0 Å². The van der Waals surface area contributed by atoms with Gasteiger partial charge in [0.05, 0.1) is 11.6 Å². The minimum atomic E-state index is -2.63. The molecule has 0 radical (unpaired) electrons. The molecule has 2 N–H and O–H groups in total. The zero-order valence-electron chi connectivity index (χ0n) is 23.1. The molecule has 4 atom stereocenters. The Morgan fingerprint density at radius 2 is 1.71 bits per heavy atom. The first kappa shape index (κ1) is 33.9. The minimum absolute atomic E-state index is 0. The number of aryl methyl sites for hydroxylation is 1. The van der Waals surface area contributed by atoms with E-state index >= 15 is 0 Å². The van der Waals surface area contributed by atoms with Crippen LogP contribution in [0.1, 0.15) is 67.0 Å². The number of carbonyl (C=O) groups excluding carboxylic acids is 1. The molecule has 4 aliphatic rings. The van der Waals surface area contributed by atoms with Gasteiger partial charge in [0.15, 0.2) is 0 Å². The molecule has 6 rings (SSSR count). The molecule has 228 valence electrons. The maximum atomic E-state index is 14.8. The molecule has 0 bridgehead atoms. The molecule has 5 nitrogen and oxygen atoms in total. The number of nitrogens with one attached hydrogen (secondary N) is 2. The molecular formula is C30H37Cl3F3N4O-3. The summed E-state index contributed by atoms with van der Waals surface area (Å²) >= 11 is 0. The lowest BCUT2D eigenvalue weighted by Gasteiger charge is -2.48. The molecule has 3 aliphatic heterocycles. The van der Waals surface area contributed by atoms with Crippen LogP contribution in [-0.2, 0) is 16.8 Å². The Morgan fingerprint density at radius 3 is 2.44 bits per heavy atom. The maximum absolute atomic E-state index is 14.8. The molecule has 11 heteroatoms. The average Bonchev–Trinajstić information content (AvgIpc) is 3.32. The molecular weight excluding hydrogens is 596 g/mol. The number of halogens is 6. The van der Waals surface area contributed by atoms with E-state index in [0.29, 0.717) is 64.0 Å². The highest BCUT2D eigenvalue weighted by atomic mass is 35.5. The van der Waals surface area contributed by atoms with E-state index in [1.54, 1.807) is 6.07 Å². The second-order valence-electron chi connectivity index (χ2n) is 11.9. The second kappa shape index (κ2) is 13.4. The van der Waals surface area contributed by atoms with Gasteiger partial charge in [-0.05, 0) is 67.7 Å². The molecule has 1 aromatic heterocycles. The lowest BCUT2D eigenvalue weighted by Crippen LogP contribution is -3.00. The zero-order chi connectivity index (χ0) is 26.5. The van der Waals surface area contributed by atoms with E-state index in [4.69, 9.17) is 4.98 Å². The number of likely N-dealkylation sites (tertiary alicyclic amines) is 1. The van der Waals surface area contributed by atoms with Gasteiger partial charge in [0, 0.05) is 62.7 Å². The zero-order valence-corrected chi connectivity index (χ0v) is 25.4. The van der Waals surface area contributed by atoms with Crippen molar-refractivity contribution in [2.75, 3.05) is 26.2 Å². The predicted octanol–water partition coefficient (Wildman–Crippen LogP) is -4.30. The van der Waals surface area contributed by atoms with E-state index in [1.165, 1.54) is 6.07 Å². The maximum Gasteiger partial charge on any atom is 0.248 e. The largest absolute Gasteiger partial charge is 1.00 e. The molecule has 41 heavy (non-hydrogen) atoms. The fourth-order valence-corrected chi connectivity index (χ4v) is 7.70. The van der Waals surface area contributed by atoms with Crippen molar-refractivity contribution in [3.05, 3.63) is 64.7 Å². The number of carbonyl (C=O) groups is 1. The van der Waals surface area contributed by atoms with Crippen molar-refractivity contribution in [3.8, 4) is 0 Å². The molecule has 0 unspecified atom stereocenters. The fraction of sp³-hybridized carbons (Fsp3) is 0.600. The Bertz CT molecular complexity index is 1210. The van der Waals surface area contributed by atoms with Crippen molar-refractivity contribution >= 4 is 5.91 Å². The summed E-state index contributed by atoms with van der Waals surface area (Å²) in [6.45, 7) is 5.16. The number of nitrogens with zero attached hydrogens (tertiary/aromatic N) is 2. The van der Waals surface area contributed by atoms with Gasteiger partial charge in [0.2, 0.25) is 11.8 Å². The average molecular weight is 633 g/mol. The summed E-state index contributed by atoms with van der Waals surface area (Å²) in [6, 6.07) is 10.9. The smallest absolute Gasteiger partial charge is 0.248 e. The molecule has 1 aromatic carbocycles. The van der Waals surface area contributed by atoms with E-state index < -0.39 is 11.3 Å². The SMILES string of the molecule is Cc1ccc2c(n1)CNC[C@]21CNC[C@H]1C(=O)N1CC[C@@H](c2ccccc2F)C[C@H]1C1CCC(F)(F)CC1.[Cl-].[Cl-].[Cl-]. The van der Waals surface area contributed by atoms with Crippen LogP contribution in [-0.4, -0.2) is 53.9 Å². The summed E-state index contributed by atoms with van der Waals surface area (Å²) in [5.74, 6) is -3.05. The minimum Gasteiger partial charge on any atom is -1.00 e. The normalized spacial score (nSPS) is 29.1. The van der Waals surface area contributed by atoms with Crippen LogP contribution in [0.3, 0.4) is 0 Å². The molecule has 4 heterocycles. The molecule has 3 fully saturated rings. The third-order valence-electron chi connectivity index (χ3n) is 9.72. The number of amides is 1. The number of hydrogen-bond donors (Lipinski definition) is 2. The lowest BCUT2D eigenvalue weighted by molar-refractivity contribution is -0.144. The van der Waals surface area contributed by atoms with Gasteiger partial charge in [0.25, 0.3) is 0 Å². The van der Waals surface area contributed by atoms with Crippen LogP contribution in [0.15, 0.2) is 36.4 Å². The quantitative estimate of drug-likeness (QED) is 0.360. The number of alkyl halides is 2. The number of pyridine rings is 1. The van der Waals surface area contributed by atoms with Crippen molar-refractivity contribution in [2.45, 2.75) is 75.3 Å². The van der Waals surface area contributed by atoms with Crippen LogP contribution in [0.5, 0.6) is 0 Å². The first-order chi connectivity index (χ1) is 18.3. The highest BCUT2D eigenvalue weighted by Gasteiger charge is 2.53. The summed E-state index contributed by atoms with van der Waals surface area (Å²) in [4.78, 5) is 21.2. The lowest BCUT2D eigenvalue weighted by atomic mass is 9.68. The molecule has 1 amide bonds. The van der Waals surface area contributed by atoms with Gasteiger partial charge in [-0.3, -0.25) is 9.78 Å². The number of aromatic nitrogens is 1. The summed E-state index contributed by atoms with van der Waals surface area (Å²) in [5.41, 5.74) is 3.39. The topological polar surface area (TPSA) is 57.3 Å². The third kappa shape index (κ3) is 6.37. The first-order valence-corrected chi connectivity index (χ1v) is 14.1. The Balaban J connectivity index is 0.00000154. The number of fused-ring (bicyclic) bond motifs is 2. The predicted molar refractivity (Wildman–Crippen MR) is 139 cm³/mol. The van der Waals surface area contributed by atoms with E-state index in [2.05, 4.69) is 16.7 Å². The highest BCUT2D eigenvalue weighted by Crippen LogP contribution is 2.46. The molecule has 1 saturated carbocycles. The van der Waals surface area contributed by atoms with Crippen LogP contribution in [0.2, 0.25) is 0 Å². The monoisotopic (exact) mass is 631 g/mol. The van der Waals surface area contributed by atoms with Crippen LogP contribution < -0.4 is 47.9 Å². The van der Waals surface area contributed by atoms with Gasteiger partial charge >= 0.3 is 0 Å². The van der Waals surface area contributed by atoms with Gasteiger partial charge in [-0.25, -0.2) is 13.2 Å². The number of piperidine rings is 1. The Morgan fingerprint density at radius 1 is 1.00 bits per heavy atom. The fourth-order valence-electron chi connectivity index (χ4n) is 7.70. The van der Waals surface area contributed by atoms with Crippen LogP contribution in [0.4, 0.5) is 13.2 Å². The summed E-state index contributed by atoms with van der Waals surface area (Å²) in [6.07, 6.45) is 1.80. The van der Waals surface area contributed by atoms with Gasteiger partial charge in [-0.2, -0.15) is 0 Å². The van der Waals surface area contributed by atoms with Crippen molar-refractivity contribution < 1.29 is 55.2 Å². The van der Waals surface area contributed by atoms with Crippen molar-refractivity contribution in [3.63, 3.8) is 0 Å². The molecule has 2 aromatic rings. The molecule has 1 spiro atoms. The second-order valence-corrected chi connectivity index (χ2v) is 11.9. The number of rotatable bonds is 3. The highest BCUT2D eigenvalue weighted by molar-refractivity contribution is 5.82. The van der Waals surface area contributed by atoms with Crippen LogP contribution >= 0.6 is 0 Å². The number of benzene rings is 1. The van der Waals surface area contributed by atoms with Crippen LogP contribution in [0.25, 0.3) is 0 Å². The molecule has 2 saturated heterocycles. The third-order valence-corrected chi connectivity index (χ3v) is 9.72. The summed E-state index contributed by atoms with van der Waals surface area (Å²) in [7, 11) is 0. The van der Waals surface area contributed by atoms with Gasteiger partial charge in [-0.15, -0.1) is 0 Å². The van der Waals surface area contributed by atoms with Crippen LogP contribution in [0, 0.1) is 24.6 Å². The summed E-state index contributed by atoms with van der Waals surface area (Å²) in [5, 5.41) is 7.00. The van der Waals surface area contributed by atoms with Gasteiger partial charge < -0.3 is 52.8 Å². The standard InChI is InChI=1S/C30H37F3N4O.3ClH/c1-19-6-7-23-26(36-19)16-35-18-29(23)17-34-15-24(29)28(38)37-13-10-21(22-4-2-3-5-25(22)31)14-27(37)20-8-11-30(32,33)12-9-20;;;/h2-7,20-21,24,27,34-35H,8-18H2,1H3;3*1H/p-3/t21-,24+,27+,29-;;;/m1.../s1. The van der Waals surface area contributed by atoms with E-state index in [9.17, 15) is 18.0 Å². The van der Waals surface area contributed by atoms with Gasteiger partial charge in [-0.1, -0.05) is 24.3 Å². The van der Waals surface area contributed by atoms with E-state index in [0.717, 1.165) is 17.0 Å². The van der Waals surface area contributed by atoms with Gasteiger partial charge in [0.1, 0.15) is 5.82 Å². The van der Waals surface area contributed by atoms with Crippen molar-refractivity contribution in [1.82, 2.24) is 20.5 Å². The number of hydrogen-bond acceptors (Lipinski definition) is 4. The van der Waals surface area contributed by atoms with Crippen molar-refractivity contribution in [2.24, 2.45) is 11.8 Å². The van der Waals surface area contributed by atoms with E-state index in [-0.39, 0.29) is 85.6 Å². The Kier molecular flexibility index (Phi) is 11.1. The first-order valence-electron chi connectivity index (χ1n) is 14.1. The molecule has 1 aliphatic carbocycles. The Labute approximate surface area is 259 Å². The Hall–Kier alpha value is -1.58. The summed E-state index contributed by atoms with van der Waals surface area (Å²) < 4.78 is 42.9. The van der Waals surface area contributed by atoms with E-state index in [1.807, 2.05) is 30.0 Å².